The summed E-state index contributed by atoms with van der Waals surface area (Å²) in [5, 5.41) is 1.27. The largest absolute Gasteiger partial charge is 0.330 e. The summed E-state index contributed by atoms with van der Waals surface area (Å²) in [6.45, 7) is 2.77. The standard InChI is InChI=1S/C10H13Cl2N/c1-7(5-6-13)8-3-2-4-9(11)10(8)12/h2-4,7H,5-6,13H2,1H3. The van der Waals surface area contributed by atoms with Crippen molar-refractivity contribution in [2.45, 2.75) is 19.3 Å². The summed E-state index contributed by atoms with van der Waals surface area (Å²) in [5.41, 5.74) is 6.56. The van der Waals surface area contributed by atoms with Crippen LogP contribution in [0.2, 0.25) is 10.0 Å². The molecule has 0 heterocycles. The number of hydrogen-bond acceptors (Lipinski definition) is 1. The monoisotopic (exact) mass is 217 g/mol. The third-order valence-corrected chi connectivity index (χ3v) is 2.95. The predicted octanol–water partition coefficient (Wildman–Crippen LogP) is 3.45. The van der Waals surface area contributed by atoms with Crippen molar-refractivity contribution in [1.29, 1.82) is 0 Å². The van der Waals surface area contributed by atoms with Crippen molar-refractivity contribution < 1.29 is 0 Å². The zero-order valence-corrected chi connectivity index (χ0v) is 9.07. The van der Waals surface area contributed by atoms with Crippen molar-refractivity contribution in [3.63, 3.8) is 0 Å². The molecule has 0 fully saturated rings. The molecule has 0 radical (unpaired) electrons. The summed E-state index contributed by atoms with van der Waals surface area (Å²) in [7, 11) is 0. The first kappa shape index (κ1) is 10.8. The molecule has 2 N–H and O–H groups in total. The van der Waals surface area contributed by atoms with Gasteiger partial charge in [-0.25, -0.2) is 0 Å². The van der Waals surface area contributed by atoms with Crippen LogP contribution in [-0.2, 0) is 0 Å². The minimum absolute atomic E-state index is 0.371. The normalized spacial score (nSPS) is 12.9. The second-order valence-corrected chi connectivity index (χ2v) is 3.91. The number of halogens is 2. The predicted molar refractivity (Wildman–Crippen MR) is 58.5 cm³/mol. The first-order valence-corrected chi connectivity index (χ1v) is 5.06. The summed E-state index contributed by atoms with van der Waals surface area (Å²) in [4.78, 5) is 0. The minimum atomic E-state index is 0.371. The highest BCUT2D eigenvalue weighted by Crippen LogP contribution is 2.31. The smallest absolute Gasteiger partial charge is 0.0626 e. The van der Waals surface area contributed by atoms with Gasteiger partial charge in [0.2, 0.25) is 0 Å². The van der Waals surface area contributed by atoms with Crippen molar-refractivity contribution in [3.8, 4) is 0 Å². The number of nitrogens with two attached hydrogens (primary N) is 1. The Bertz CT molecular complexity index is 286. The lowest BCUT2D eigenvalue weighted by molar-refractivity contribution is 0.690. The van der Waals surface area contributed by atoms with Gasteiger partial charge in [0, 0.05) is 0 Å². The maximum Gasteiger partial charge on any atom is 0.0626 e. The van der Waals surface area contributed by atoms with E-state index in [4.69, 9.17) is 28.9 Å². The first-order valence-electron chi connectivity index (χ1n) is 4.30. The second-order valence-electron chi connectivity index (χ2n) is 3.12. The molecular weight excluding hydrogens is 205 g/mol. The first-order chi connectivity index (χ1) is 6.16. The molecule has 1 aromatic carbocycles. The molecule has 3 heteroatoms. The summed E-state index contributed by atoms with van der Waals surface area (Å²) in [6, 6.07) is 5.70. The van der Waals surface area contributed by atoms with E-state index in [1.165, 1.54) is 0 Å². The van der Waals surface area contributed by atoms with Gasteiger partial charge in [0.15, 0.2) is 0 Å². The highest BCUT2D eigenvalue weighted by Gasteiger charge is 2.10. The van der Waals surface area contributed by atoms with E-state index in [0.29, 0.717) is 22.5 Å². The minimum Gasteiger partial charge on any atom is -0.330 e. The Balaban J connectivity index is 2.93. The SMILES string of the molecule is CC(CCN)c1cccc(Cl)c1Cl. The second kappa shape index (κ2) is 4.85. The number of hydrogen-bond donors (Lipinski definition) is 1. The fourth-order valence-electron chi connectivity index (χ4n) is 1.31. The molecule has 72 valence electrons. The molecule has 13 heavy (non-hydrogen) atoms. The molecule has 0 aliphatic rings. The number of benzene rings is 1. The lowest BCUT2D eigenvalue weighted by atomic mass is 9.98. The molecule has 0 amide bonds. The molecule has 0 spiro atoms. The molecule has 1 aromatic rings. The average molecular weight is 218 g/mol. The van der Waals surface area contributed by atoms with E-state index in [1.807, 2.05) is 12.1 Å². The molecular formula is C10H13Cl2N. The quantitative estimate of drug-likeness (QED) is 0.826. The average Bonchev–Trinajstić information content (AvgIpc) is 2.10. The van der Waals surface area contributed by atoms with E-state index in [1.54, 1.807) is 6.07 Å². The van der Waals surface area contributed by atoms with E-state index in [0.717, 1.165) is 12.0 Å². The van der Waals surface area contributed by atoms with Gasteiger partial charge in [0.25, 0.3) is 0 Å². The zero-order chi connectivity index (χ0) is 9.84. The summed E-state index contributed by atoms with van der Waals surface area (Å²) in [5.74, 6) is 0.371. The Kier molecular flexibility index (Phi) is 4.04. The van der Waals surface area contributed by atoms with Gasteiger partial charge < -0.3 is 5.73 Å². The van der Waals surface area contributed by atoms with Crippen LogP contribution in [-0.4, -0.2) is 6.54 Å². The molecule has 0 bridgehead atoms. The van der Waals surface area contributed by atoms with Crippen molar-refractivity contribution in [3.05, 3.63) is 33.8 Å². The van der Waals surface area contributed by atoms with Crippen LogP contribution >= 0.6 is 23.2 Å². The maximum absolute atomic E-state index is 6.05. The maximum atomic E-state index is 6.05. The zero-order valence-electron chi connectivity index (χ0n) is 7.56. The molecule has 1 unspecified atom stereocenters. The molecule has 0 saturated carbocycles. The van der Waals surface area contributed by atoms with E-state index in [9.17, 15) is 0 Å². The van der Waals surface area contributed by atoms with Crippen molar-refractivity contribution >= 4 is 23.2 Å². The van der Waals surface area contributed by atoms with Crippen LogP contribution in [0.3, 0.4) is 0 Å². The Labute approximate surface area is 88.8 Å². The van der Waals surface area contributed by atoms with E-state index in [2.05, 4.69) is 6.92 Å². The Hall–Kier alpha value is -0.240. The Morgan fingerprint density at radius 2 is 2.08 bits per heavy atom. The molecule has 1 rings (SSSR count). The van der Waals surface area contributed by atoms with E-state index >= 15 is 0 Å². The highest BCUT2D eigenvalue weighted by molar-refractivity contribution is 6.42. The molecule has 1 nitrogen and oxygen atoms in total. The van der Waals surface area contributed by atoms with Gasteiger partial charge in [-0.05, 0) is 30.5 Å². The van der Waals surface area contributed by atoms with Gasteiger partial charge >= 0.3 is 0 Å². The Morgan fingerprint density at radius 1 is 1.38 bits per heavy atom. The van der Waals surface area contributed by atoms with Crippen LogP contribution in [0.25, 0.3) is 0 Å². The fourth-order valence-corrected chi connectivity index (χ4v) is 1.80. The van der Waals surface area contributed by atoms with Crippen LogP contribution in [0, 0.1) is 0 Å². The van der Waals surface area contributed by atoms with Gasteiger partial charge in [-0.2, -0.15) is 0 Å². The molecule has 0 aliphatic carbocycles. The van der Waals surface area contributed by atoms with Crippen molar-refractivity contribution in [2.75, 3.05) is 6.54 Å². The highest BCUT2D eigenvalue weighted by atomic mass is 35.5. The van der Waals surface area contributed by atoms with Crippen LogP contribution in [0.1, 0.15) is 24.8 Å². The van der Waals surface area contributed by atoms with Gasteiger partial charge in [0.05, 0.1) is 10.0 Å². The molecule has 0 saturated heterocycles. The van der Waals surface area contributed by atoms with E-state index < -0.39 is 0 Å². The Morgan fingerprint density at radius 3 is 2.69 bits per heavy atom. The van der Waals surface area contributed by atoms with E-state index in [-0.39, 0.29) is 0 Å². The van der Waals surface area contributed by atoms with Gasteiger partial charge in [0.1, 0.15) is 0 Å². The van der Waals surface area contributed by atoms with Crippen molar-refractivity contribution in [2.24, 2.45) is 5.73 Å². The molecule has 0 aliphatic heterocycles. The summed E-state index contributed by atoms with van der Waals surface area (Å²) >= 11 is 11.9. The van der Waals surface area contributed by atoms with Crippen LogP contribution in [0.5, 0.6) is 0 Å². The summed E-state index contributed by atoms with van der Waals surface area (Å²) < 4.78 is 0. The van der Waals surface area contributed by atoms with Gasteiger partial charge in [-0.3, -0.25) is 0 Å². The van der Waals surface area contributed by atoms with Gasteiger partial charge in [-0.1, -0.05) is 42.3 Å². The third-order valence-electron chi connectivity index (χ3n) is 2.11. The lowest BCUT2D eigenvalue weighted by Gasteiger charge is -2.12. The van der Waals surface area contributed by atoms with Gasteiger partial charge in [-0.15, -0.1) is 0 Å². The fraction of sp³-hybridized carbons (Fsp3) is 0.400. The van der Waals surface area contributed by atoms with Crippen LogP contribution in [0.15, 0.2) is 18.2 Å². The third kappa shape index (κ3) is 2.60. The summed E-state index contributed by atoms with van der Waals surface area (Å²) in [6.07, 6.45) is 0.931. The topological polar surface area (TPSA) is 26.0 Å². The van der Waals surface area contributed by atoms with Crippen LogP contribution in [0.4, 0.5) is 0 Å². The molecule has 1 atom stereocenters. The van der Waals surface area contributed by atoms with Crippen LogP contribution < -0.4 is 5.73 Å². The molecule has 0 aromatic heterocycles. The van der Waals surface area contributed by atoms with Crippen molar-refractivity contribution in [1.82, 2.24) is 0 Å². The number of rotatable bonds is 3. The lowest BCUT2D eigenvalue weighted by Crippen LogP contribution is -2.04.